The summed E-state index contributed by atoms with van der Waals surface area (Å²) < 4.78 is 67.8. The standard InChI is InChI=1S/C12H12F3N3O3S/c1-8-7-11(18(2)16-8)17-22(19,20)10-5-3-9(4-6-10)21-12(13,14)15/h3-7,17H,1-2H3. The number of nitrogens with one attached hydrogen (secondary N) is 1. The normalized spacial score (nSPS) is 12.2. The average Bonchev–Trinajstić information content (AvgIpc) is 2.65. The molecule has 0 aliphatic carbocycles. The van der Waals surface area contributed by atoms with Crippen LogP contribution in [0.3, 0.4) is 0 Å². The lowest BCUT2D eigenvalue weighted by molar-refractivity contribution is -0.274. The van der Waals surface area contributed by atoms with Gasteiger partial charge in [-0.3, -0.25) is 9.40 Å². The van der Waals surface area contributed by atoms with Gasteiger partial charge in [0, 0.05) is 13.1 Å². The maximum atomic E-state index is 12.1. The Morgan fingerprint density at radius 1 is 1.23 bits per heavy atom. The summed E-state index contributed by atoms with van der Waals surface area (Å²) in [4.78, 5) is -0.194. The Labute approximate surface area is 124 Å². The maximum Gasteiger partial charge on any atom is 0.573 e. The van der Waals surface area contributed by atoms with Crippen molar-refractivity contribution in [3.63, 3.8) is 0 Å². The summed E-state index contributed by atoms with van der Waals surface area (Å²) in [6.07, 6.45) is -4.83. The molecule has 2 aromatic rings. The molecule has 10 heteroatoms. The van der Waals surface area contributed by atoms with Crippen molar-refractivity contribution < 1.29 is 26.3 Å². The highest BCUT2D eigenvalue weighted by molar-refractivity contribution is 7.92. The molecule has 0 saturated heterocycles. The van der Waals surface area contributed by atoms with E-state index in [1.807, 2.05) is 0 Å². The number of aromatic nitrogens is 2. The zero-order chi connectivity index (χ0) is 16.5. The summed E-state index contributed by atoms with van der Waals surface area (Å²) in [5.41, 5.74) is 0.620. The molecule has 6 nitrogen and oxygen atoms in total. The van der Waals surface area contributed by atoms with E-state index in [4.69, 9.17) is 0 Å². The van der Waals surface area contributed by atoms with Crippen LogP contribution in [0.4, 0.5) is 19.0 Å². The second kappa shape index (κ2) is 5.52. The topological polar surface area (TPSA) is 73.2 Å². The van der Waals surface area contributed by atoms with Gasteiger partial charge in [0.1, 0.15) is 11.6 Å². The number of alkyl halides is 3. The average molecular weight is 335 g/mol. The van der Waals surface area contributed by atoms with Crippen LogP contribution in [0.1, 0.15) is 5.69 Å². The second-order valence-electron chi connectivity index (χ2n) is 4.42. The van der Waals surface area contributed by atoms with Gasteiger partial charge < -0.3 is 4.74 Å². The van der Waals surface area contributed by atoms with Crippen molar-refractivity contribution in [2.45, 2.75) is 18.2 Å². The Hall–Kier alpha value is -2.23. The Bertz CT molecular complexity index is 767. The van der Waals surface area contributed by atoms with Gasteiger partial charge in [-0.05, 0) is 31.2 Å². The Kier molecular flexibility index (Phi) is 4.05. The highest BCUT2D eigenvalue weighted by atomic mass is 32.2. The molecular weight excluding hydrogens is 323 g/mol. The van der Waals surface area contributed by atoms with Crippen LogP contribution in [0.2, 0.25) is 0 Å². The third kappa shape index (κ3) is 3.91. The summed E-state index contributed by atoms with van der Waals surface area (Å²) in [6.45, 7) is 1.70. The molecule has 2 rings (SSSR count). The molecular formula is C12H12F3N3O3S. The molecule has 0 radical (unpaired) electrons. The van der Waals surface area contributed by atoms with E-state index < -0.39 is 22.1 Å². The lowest BCUT2D eigenvalue weighted by Gasteiger charge is -2.10. The van der Waals surface area contributed by atoms with E-state index >= 15 is 0 Å². The van der Waals surface area contributed by atoms with Crippen LogP contribution in [-0.4, -0.2) is 24.6 Å². The van der Waals surface area contributed by atoms with E-state index in [9.17, 15) is 21.6 Å². The molecule has 22 heavy (non-hydrogen) atoms. The van der Waals surface area contributed by atoms with Crippen LogP contribution in [0.15, 0.2) is 35.2 Å². The third-order valence-corrected chi connectivity index (χ3v) is 3.98. The van der Waals surface area contributed by atoms with Gasteiger partial charge >= 0.3 is 6.36 Å². The van der Waals surface area contributed by atoms with Crippen LogP contribution in [0, 0.1) is 6.92 Å². The van der Waals surface area contributed by atoms with E-state index in [0.717, 1.165) is 24.3 Å². The smallest absolute Gasteiger partial charge is 0.406 e. The molecule has 0 aliphatic rings. The maximum absolute atomic E-state index is 12.1. The minimum Gasteiger partial charge on any atom is -0.406 e. The Balaban J connectivity index is 2.21. The molecule has 0 aliphatic heterocycles. The Morgan fingerprint density at radius 3 is 2.27 bits per heavy atom. The molecule has 1 aromatic heterocycles. The number of rotatable bonds is 4. The lowest BCUT2D eigenvalue weighted by Crippen LogP contribution is -2.18. The second-order valence-corrected chi connectivity index (χ2v) is 6.10. The van der Waals surface area contributed by atoms with Crippen molar-refractivity contribution in [1.29, 1.82) is 0 Å². The molecule has 0 bridgehead atoms. The number of aryl methyl sites for hydroxylation is 2. The zero-order valence-electron chi connectivity index (χ0n) is 11.5. The monoisotopic (exact) mass is 335 g/mol. The number of anilines is 1. The molecule has 0 spiro atoms. The zero-order valence-corrected chi connectivity index (χ0v) is 12.4. The quantitative estimate of drug-likeness (QED) is 0.931. The van der Waals surface area contributed by atoms with Gasteiger partial charge in [-0.25, -0.2) is 8.42 Å². The van der Waals surface area contributed by atoms with E-state index in [0.29, 0.717) is 5.69 Å². The largest absolute Gasteiger partial charge is 0.573 e. The lowest BCUT2D eigenvalue weighted by atomic mass is 10.3. The van der Waals surface area contributed by atoms with Crippen molar-refractivity contribution in [3.8, 4) is 5.75 Å². The van der Waals surface area contributed by atoms with Gasteiger partial charge in [0.25, 0.3) is 10.0 Å². The van der Waals surface area contributed by atoms with Gasteiger partial charge in [0.15, 0.2) is 0 Å². The van der Waals surface area contributed by atoms with Crippen LogP contribution in [-0.2, 0) is 17.1 Å². The predicted molar refractivity (Wildman–Crippen MR) is 71.9 cm³/mol. The van der Waals surface area contributed by atoms with Gasteiger partial charge in [-0.1, -0.05) is 0 Å². The molecule has 0 unspecified atom stereocenters. The van der Waals surface area contributed by atoms with Crippen molar-refractivity contribution in [2.75, 3.05) is 4.72 Å². The minimum atomic E-state index is -4.83. The highest BCUT2D eigenvalue weighted by Crippen LogP contribution is 2.24. The van der Waals surface area contributed by atoms with Crippen LogP contribution in [0.25, 0.3) is 0 Å². The summed E-state index contributed by atoms with van der Waals surface area (Å²) in [7, 11) is -2.37. The Morgan fingerprint density at radius 2 is 1.82 bits per heavy atom. The van der Waals surface area contributed by atoms with Gasteiger partial charge in [-0.15, -0.1) is 13.2 Å². The fourth-order valence-corrected chi connectivity index (χ4v) is 2.80. The van der Waals surface area contributed by atoms with Gasteiger partial charge in [-0.2, -0.15) is 5.10 Å². The molecule has 1 N–H and O–H groups in total. The van der Waals surface area contributed by atoms with Gasteiger partial charge in [0.2, 0.25) is 0 Å². The first-order valence-electron chi connectivity index (χ1n) is 5.96. The number of sulfonamides is 1. The minimum absolute atomic E-state index is 0.194. The molecule has 0 saturated carbocycles. The fraction of sp³-hybridized carbons (Fsp3) is 0.250. The van der Waals surface area contributed by atoms with Crippen molar-refractivity contribution in [2.24, 2.45) is 7.05 Å². The molecule has 0 fully saturated rings. The van der Waals surface area contributed by atoms with E-state index in [2.05, 4.69) is 14.6 Å². The van der Waals surface area contributed by atoms with Crippen LogP contribution >= 0.6 is 0 Å². The molecule has 0 atom stereocenters. The first-order chi connectivity index (χ1) is 10.1. The molecule has 0 amide bonds. The SMILES string of the molecule is Cc1cc(NS(=O)(=O)c2ccc(OC(F)(F)F)cc2)n(C)n1. The van der Waals surface area contributed by atoms with Crippen LogP contribution < -0.4 is 9.46 Å². The van der Waals surface area contributed by atoms with E-state index in [1.165, 1.54) is 10.7 Å². The summed E-state index contributed by atoms with van der Waals surface area (Å²) in [5.74, 6) is -0.254. The highest BCUT2D eigenvalue weighted by Gasteiger charge is 2.31. The fourth-order valence-electron chi connectivity index (χ4n) is 1.72. The summed E-state index contributed by atoms with van der Waals surface area (Å²) in [5, 5.41) is 3.99. The van der Waals surface area contributed by atoms with Gasteiger partial charge in [0.05, 0.1) is 10.6 Å². The molecule has 120 valence electrons. The predicted octanol–water partition coefficient (Wildman–Crippen LogP) is 2.43. The number of ether oxygens (including phenoxy) is 1. The van der Waals surface area contributed by atoms with Crippen molar-refractivity contribution in [1.82, 2.24) is 9.78 Å². The molecule has 1 heterocycles. The number of halogens is 3. The van der Waals surface area contributed by atoms with E-state index in [-0.39, 0.29) is 10.7 Å². The van der Waals surface area contributed by atoms with Crippen LogP contribution in [0.5, 0.6) is 5.75 Å². The summed E-state index contributed by atoms with van der Waals surface area (Å²) in [6, 6.07) is 5.42. The first-order valence-corrected chi connectivity index (χ1v) is 7.44. The number of benzene rings is 1. The van der Waals surface area contributed by atoms with Crippen molar-refractivity contribution >= 4 is 15.8 Å². The number of nitrogens with zero attached hydrogens (tertiary/aromatic N) is 2. The number of hydrogen-bond acceptors (Lipinski definition) is 4. The third-order valence-electron chi connectivity index (χ3n) is 2.61. The first kappa shape index (κ1) is 16.1. The summed E-state index contributed by atoms with van der Waals surface area (Å²) >= 11 is 0. The molecule has 1 aromatic carbocycles. The van der Waals surface area contributed by atoms with Crippen molar-refractivity contribution in [3.05, 3.63) is 36.0 Å². The number of hydrogen-bond donors (Lipinski definition) is 1. The van der Waals surface area contributed by atoms with E-state index in [1.54, 1.807) is 14.0 Å².